The van der Waals surface area contributed by atoms with Gasteiger partial charge in [-0.15, -0.1) is 0 Å². The monoisotopic (exact) mass is 447 g/mol. The molecule has 0 spiro atoms. The van der Waals surface area contributed by atoms with Crippen LogP contribution in [0.1, 0.15) is 34.3 Å². The van der Waals surface area contributed by atoms with Crippen molar-refractivity contribution in [1.29, 1.82) is 0 Å². The van der Waals surface area contributed by atoms with Crippen LogP contribution < -0.4 is 10.1 Å². The summed E-state index contributed by atoms with van der Waals surface area (Å²) in [7, 11) is 0. The number of esters is 2. The minimum Gasteiger partial charge on any atom is -0.462 e. The first-order valence-electron chi connectivity index (χ1n) is 10.4. The van der Waals surface area contributed by atoms with Gasteiger partial charge in [0.1, 0.15) is 22.7 Å². The predicted molar refractivity (Wildman–Crippen MR) is 119 cm³/mol. The predicted octanol–water partition coefficient (Wildman–Crippen LogP) is 4.60. The van der Waals surface area contributed by atoms with E-state index in [-0.39, 0.29) is 36.6 Å². The molecule has 0 unspecified atom stereocenters. The van der Waals surface area contributed by atoms with Crippen molar-refractivity contribution in [2.45, 2.75) is 13.3 Å². The molecule has 2 aromatic carbocycles. The summed E-state index contributed by atoms with van der Waals surface area (Å²) in [6.07, 6.45) is 1.35. The molecule has 2 heterocycles. The molecule has 8 heteroatoms. The maximum atomic E-state index is 12.7. The molecule has 0 fully saturated rings. The van der Waals surface area contributed by atoms with E-state index in [2.05, 4.69) is 5.32 Å². The summed E-state index contributed by atoms with van der Waals surface area (Å²) >= 11 is 0. The van der Waals surface area contributed by atoms with E-state index in [9.17, 15) is 14.4 Å². The van der Waals surface area contributed by atoms with E-state index in [1.807, 2.05) is 30.3 Å². The third-order valence-electron chi connectivity index (χ3n) is 4.77. The van der Waals surface area contributed by atoms with Crippen molar-refractivity contribution in [3.63, 3.8) is 0 Å². The number of rotatable bonds is 8. The zero-order chi connectivity index (χ0) is 23.2. The molecular formula is C25H21NO7. The van der Waals surface area contributed by atoms with Crippen LogP contribution in [0.3, 0.4) is 0 Å². The summed E-state index contributed by atoms with van der Waals surface area (Å²) in [5, 5.41) is 3.06. The van der Waals surface area contributed by atoms with E-state index in [0.717, 1.165) is 5.56 Å². The second-order valence-electron chi connectivity index (χ2n) is 7.01. The van der Waals surface area contributed by atoms with Crippen molar-refractivity contribution in [3.05, 3.63) is 78.3 Å². The van der Waals surface area contributed by atoms with Gasteiger partial charge in [-0.05, 0) is 37.3 Å². The number of nitrogens with one attached hydrogen (secondary N) is 1. The van der Waals surface area contributed by atoms with Crippen molar-refractivity contribution in [2.24, 2.45) is 0 Å². The first-order chi connectivity index (χ1) is 16.1. The quantitative estimate of drug-likeness (QED) is 0.311. The van der Waals surface area contributed by atoms with Crippen LogP contribution in [0, 0.1) is 0 Å². The third-order valence-corrected chi connectivity index (χ3v) is 4.77. The minimum atomic E-state index is -0.543. The lowest BCUT2D eigenvalue weighted by Crippen LogP contribution is -2.26. The molecule has 8 nitrogen and oxygen atoms in total. The van der Waals surface area contributed by atoms with Crippen LogP contribution in [0.4, 0.5) is 0 Å². The van der Waals surface area contributed by atoms with Crippen molar-refractivity contribution >= 4 is 28.8 Å². The van der Waals surface area contributed by atoms with Gasteiger partial charge in [-0.2, -0.15) is 0 Å². The van der Waals surface area contributed by atoms with Gasteiger partial charge >= 0.3 is 11.9 Å². The zero-order valence-corrected chi connectivity index (χ0v) is 17.8. The second kappa shape index (κ2) is 9.86. The van der Waals surface area contributed by atoms with E-state index >= 15 is 0 Å². The van der Waals surface area contributed by atoms with Crippen LogP contribution >= 0.6 is 0 Å². The lowest BCUT2D eigenvalue weighted by atomic mass is 10.1. The largest absolute Gasteiger partial charge is 0.462 e. The minimum absolute atomic E-state index is 0.0458. The normalized spacial score (nSPS) is 10.7. The molecule has 1 N–H and O–H groups in total. The van der Waals surface area contributed by atoms with Gasteiger partial charge in [0.2, 0.25) is 0 Å². The van der Waals surface area contributed by atoms with E-state index < -0.39 is 17.8 Å². The number of benzene rings is 2. The first-order valence-corrected chi connectivity index (χ1v) is 10.4. The van der Waals surface area contributed by atoms with Crippen molar-refractivity contribution < 1.29 is 32.7 Å². The van der Waals surface area contributed by atoms with Gasteiger partial charge in [-0.1, -0.05) is 30.3 Å². The molecule has 2 aromatic heterocycles. The average molecular weight is 447 g/mol. The van der Waals surface area contributed by atoms with Gasteiger partial charge in [-0.25, -0.2) is 4.79 Å². The van der Waals surface area contributed by atoms with Gasteiger partial charge < -0.3 is 23.6 Å². The van der Waals surface area contributed by atoms with Crippen LogP contribution in [0.2, 0.25) is 0 Å². The molecule has 0 aliphatic rings. The molecule has 168 valence electrons. The molecule has 0 aliphatic carbocycles. The maximum Gasteiger partial charge on any atom is 0.342 e. The fourth-order valence-electron chi connectivity index (χ4n) is 3.29. The summed E-state index contributed by atoms with van der Waals surface area (Å²) in [5.74, 6) is -0.698. The molecule has 0 radical (unpaired) electrons. The Morgan fingerprint density at radius 1 is 1.00 bits per heavy atom. The Bertz CT molecular complexity index is 1270. The van der Waals surface area contributed by atoms with Crippen molar-refractivity contribution in [1.82, 2.24) is 5.32 Å². The number of hydrogen-bond donors (Lipinski definition) is 1. The Balaban J connectivity index is 1.52. The van der Waals surface area contributed by atoms with E-state index in [1.165, 1.54) is 12.3 Å². The fraction of sp³-hybridized carbons (Fsp3) is 0.160. The van der Waals surface area contributed by atoms with Gasteiger partial charge in [0.15, 0.2) is 5.76 Å². The number of furan rings is 2. The molecule has 0 saturated heterocycles. The highest BCUT2D eigenvalue weighted by Crippen LogP contribution is 2.36. The number of carbonyl (C=O) groups is 3. The zero-order valence-electron chi connectivity index (χ0n) is 17.8. The number of amides is 1. The Morgan fingerprint density at radius 3 is 2.55 bits per heavy atom. The van der Waals surface area contributed by atoms with Gasteiger partial charge in [0, 0.05) is 17.5 Å². The van der Waals surface area contributed by atoms with Crippen molar-refractivity contribution in [2.75, 3.05) is 13.2 Å². The summed E-state index contributed by atoms with van der Waals surface area (Å²) < 4.78 is 21.6. The Labute approximate surface area is 189 Å². The number of carbonyl (C=O) groups excluding carboxylic acids is 3. The summed E-state index contributed by atoms with van der Waals surface area (Å²) in [5.41, 5.74) is 1.45. The van der Waals surface area contributed by atoms with Gasteiger partial charge in [-0.3, -0.25) is 9.59 Å². The van der Waals surface area contributed by atoms with E-state index in [0.29, 0.717) is 16.7 Å². The van der Waals surface area contributed by atoms with Gasteiger partial charge in [0.25, 0.3) is 5.91 Å². The Hall–Kier alpha value is -4.33. The van der Waals surface area contributed by atoms with E-state index in [4.69, 9.17) is 18.3 Å². The summed E-state index contributed by atoms with van der Waals surface area (Å²) in [4.78, 5) is 36.8. The molecule has 0 bridgehead atoms. The highest BCUT2D eigenvalue weighted by Gasteiger charge is 2.24. The van der Waals surface area contributed by atoms with Crippen LogP contribution in [0.25, 0.3) is 22.3 Å². The van der Waals surface area contributed by atoms with E-state index in [1.54, 1.807) is 31.2 Å². The molecule has 4 rings (SSSR count). The van der Waals surface area contributed by atoms with Crippen LogP contribution in [0.15, 0.2) is 75.8 Å². The molecule has 0 aliphatic heterocycles. The SMILES string of the molecule is CCOC(=O)c1c(-c2ccccc2)oc2ccc(OC(=O)CCNC(=O)c3ccco3)cc12. The fourth-order valence-corrected chi connectivity index (χ4v) is 3.29. The molecule has 0 saturated carbocycles. The van der Waals surface area contributed by atoms with Crippen LogP contribution in [-0.4, -0.2) is 31.0 Å². The molecular weight excluding hydrogens is 426 g/mol. The third kappa shape index (κ3) is 4.95. The smallest absolute Gasteiger partial charge is 0.342 e. The lowest BCUT2D eigenvalue weighted by Gasteiger charge is -2.06. The molecule has 1 amide bonds. The summed E-state index contributed by atoms with van der Waals surface area (Å²) in [6, 6.07) is 17.1. The highest BCUT2D eigenvalue weighted by atomic mass is 16.5. The topological polar surface area (TPSA) is 108 Å². The second-order valence-corrected chi connectivity index (χ2v) is 7.01. The van der Waals surface area contributed by atoms with Gasteiger partial charge in [0.05, 0.1) is 19.3 Å². The lowest BCUT2D eigenvalue weighted by molar-refractivity contribution is -0.134. The standard InChI is InChI=1S/C25H21NO7/c1-2-30-25(29)22-18-15-17(10-11-19(18)33-23(22)16-7-4-3-5-8-16)32-21(27)12-13-26-24(28)20-9-6-14-31-20/h3-11,14-15H,2,12-13H2,1H3,(H,26,28). The van der Waals surface area contributed by atoms with Crippen LogP contribution in [0.5, 0.6) is 5.75 Å². The highest BCUT2D eigenvalue weighted by molar-refractivity contribution is 6.09. The number of fused-ring (bicyclic) bond motifs is 1. The summed E-state index contributed by atoms with van der Waals surface area (Å²) in [6.45, 7) is 2.01. The number of ether oxygens (including phenoxy) is 2. The van der Waals surface area contributed by atoms with Crippen LogP contribution in [-0.2, 0) is 9.53 Å². The molecule has 0 atom stereocenters. The first kappa shape index (κ1) is 21.9. The molecule has 33 heavy (non-hydrogen) atoms. The maximum absolute atomic E-state index is 12.7. The number of hydrogen-bond acceptors (Lipinski definition) is 7. The Morgan fingerprint density at radius 2 is 1.82 bits per heavy atom. The van der Waals surface area contributed by atoms with Crippen molar-refractivity contribution in [3.8, 4) is 17.1 Å². The molecule has 4 aromatic rings. The Kier molecular flexibility index (Phi) is 6.54. The average Bonchev–Trinajstić information content (AvgIpc) is 3.48.